The maximum Gasteiger partial charge on any atom is 0.255 e. The van der Waals surface area contributed by atoms with Crippen molar-refractivity contribution in [2.45, 2.75) is 31.4 Å². The van der Waals surface area contributed by atoms with Crippen molar-refractivity contribution in [3.8, 4) is 0 Å². The van der Waals surface area contributed by atoms with Gasteiger partial charge in [-0.1, -0.05) is 48.5 Å². The van der Waals surface area contributed by atoms with Crippen LogP contribution < -0.4 is 5.32 Å². The van der Waals surface area contributed by atoms with Gasteiger partial charge in [-0.05, 0) is 30.9 Å². The summed E-state index contributed by atoms with van der Waals surface area (Å²) in [6.45, 7) is 1.67. The van der Waals surface area contributed by atoms with Gasteiger partial charge in [0.25, 0.3) is 5.91 Å². The topological polar surface area (TPSA) is 52.6 Å². The van der Waals surface area contributed by atoms with Gasteiger partial charge in [-0.15, -0.1) is 0 Å². The van der Waals surface area contributed by atoms with E-state index in [1.165, 1.54) is 11.6 Å². The van der Waals surface area contributed by atoms with Crippen LogP contribution in [0.3, 0.4) is 0 Å². The molecule has 1 aliphatic rings. The highest BCUT2D eigenvalue weighted by Gasteiger charge is 2.41. The molecule has 1 aliphatic heterocycles. The molecule has 3 rings (SSSR count). The van der Waals surface area contributed by atoms with E-state index in [0.717, 1.165) is 12.8 Å². The van der Waals surface area contributed by atoms with Gasteiger partial charge in [-0.25, -0.2) is 4.39 Å². The molecule has 0 saturated carbocycles. The largest absolute Gasteiger partial charge is 0.379 e. The summed E-state index contributed by atoms with van der Waals surface area (Å²) in [5.41, 5.74) is 0.285. The van der Waals surface area contributed by atoms with Gasteiger partial charge in [-0.2, -0.15) is 0 Å². The molecule has 2 aromatic carbocycles. The van der Waals surface area contributed by atoms with E-state index in [4.69, 9.17) is 0 Å². The van der Waals surface area contributed by atoms with Crippen LogP contribution in [0, 0.1) is 5.82 Å². The number of aliphatic hydroxyl groups is 1. The molecule has 2 aromatic rings. The van der Waals surface area contributed by atoms with Crippen LogP contribution in [0.15, 0.2) is 54.6 Å². The smallest absolute Gasteiger partial charge is 0.255 e. The third-order valence-corrected chi connectivity index (χ3v) is 4.91. The molecule has 0 unspecified atom stereocenters. The Morgan fingerprint density at radius 2 is 1.85 bits per heavy atom. The molecule has 0 spiro atoms. The van der Waals surface area contributed by atoms with Gasteiger partial charge >= 0.3 is 0 Å². The number of likely N-dealkylation sites (tertiary alicyclic amines) is 1. The molecule has 138 valence electrons. The summed E-state index contributed by atoms with van der Waals surface area (Å²) in [4.78, 5) is 14.5. The molecule has 0 aliphatic carbocycles. The number of halogens is 1. The minimum absolute atomic E-state index is 0.127. The molecule has 1 atom stereocenters. The van der Waals surface area contributed by atoms with Gasteiger partial charge in [0.2, 0.25) is 0 Å². The lowest BCUT2D eigenvalue weighted by Crippen LogP contribution is -2.58. The summed E-state index contributed by atoms with van der Waals surface area (Å²) >= 11 is 0. The van der Waals surface area contributed by atoms with E-state index in [0.29, 0.717) is 25.1 Å². The third kappa shape index (κ3) is 4.48. The second-order valence-electron chi connectivity index (χ2n) is 6.86. The summed E-state index contributed by atoms with van der Waals surface area (Å²) < 4.78 is 13.7. The number of hydrogen-bond donors (Lipinski definition) is 2. The second kappa shape index (κ2) is 8.43. The molecule has 0 radical (unpaired) electrons. The zero-order valence-corrected chi connectivity index (χ0v) is 14.8. The van der Waals surface area contributed by atoms with Gasteiger partial charge in [0.15, 0.2) is 5.60 Å². The number of hydrogen-bond acceptors (Lipinski definition) is 3. The molecule has 0 bridgehead atoms. The van der Waals surface area contributed by atoms with E-state index >= 15 is 0 Å². The highest BCUT2D eigenvalue weighted by atomic mass is 19.1. The van der Waals surface area contributed by atoms with Crippen LogP contribution >= 0.6 is 0 Å². The molecular weight excluding hydrogens is 331 g/mol. The first-order valence-corrected chi connectivity index (χ1v) is 9.08. The highest BCUT2D eigenvalue weighted by molar-refractivity contribution is 5.86. The summed E-state index contributed by atoms with van der Waals surface area (Å²) in [6.07, 6.45) is 1.96. The SMILES string of the molecule is O=C1N(CCc2ccccc2)CCC[C@@]1(O)CNCc1ccccc1F. The number of carbonyl (C=O) groups is 1. The van der Waals surface area contributed by atoms with E-state index in [2.05, 4.69) is 5.32 Å². The van der Waals surface area contributed by atoms with Crippen LogP contribution in [-0.4, -0.2) is 41.1 Å². The van der Waals surface area contributed by atoms with Crippen molar-refractivity contribution >= 4 is 5.91 Å². The van der Waals surface area contributed by atoms with Gasteiger partial charge in [0.1, 0.15) is 5.82 Å². The molecule has 5 heteroatoms. The molecule has 1 heterocycles. The standard InChI is InChI=1S/C21H25FN2O2/c22-19-10-5-4-9-18(19)15-23-16-21(26)12-6-13-24(20(21)25)14-11-17-7-2-1-3-8-17/h1-5,7-10,23,26H,6,11-16H2/t21-/m1/s1. The normalized spacial score (nSPS) is 20.4. The Morgan fingerprint density at radius 1 is 1.12 bits per heavy atom. The fourth-order valence-corrected chi connectivity index (χ4v) is 3.40. The number of carbonyl (C=O) groups excluding carboxylic acids is 1. The number of benzene rings is 2. The van der Waals surface area contributed by atoms with Gasteiger partial charge in [-0.3, -0.25) is 4.79 Å². The van der Waals surface area contributed by atoms with Crippen molar-refractivity contribution in [2.75, 3.05) is 19.6 Å². The molecule has 4 nitrogen and oxygen atoms in total. The molecule has 1 fully saturated rings. The van der Waals surface area contributed by atoms with Crippen LogP contribution in [0.5, 0.6) is 0 Å². The average Bonchev–Trinajstić information content (AvgIpc) is 2.66. The molecule has 2 N–H and O–H groups in total. The molecular formula is C21H25FN2O2. The Kier molecular flexibility index (Phi) is 6.01. The summed E-state index contributed by atoms with van der Waals surface area (Å²) in [7, 11) is 0. The van der Waals surface area contributed by atoms with Crippen molar-refractivity contribution in [3.05, 3.63) is 71.5 Å². The fraction of sp³-hybridized carbons (Fsp3) is 0.381. The molecule has 1 saturated heterocycles. The van der Waals surface area contributed by atoms with Crippen LogP contribution in [0.1, 0.15) is 24.0 Å². The van der Waals surface area contributed by atoms with E-state index < -0.39 is 5.60 Å². The van der Waals surface area contributed by atoms with Crippen molar-refractivity contribution in [3.63, 3.8) is 0 Å². The molecule has 1 amide bonds. The zero-order chi connectivity index (χ0) is 18.4. The van der Waals surface area contributed by atoms with Gasteiger partial charge in [0.05, 0.1) is 0 Å². The minimum Gasteiger partial charge on any atom is -0.379 e. The average molecular weight is 356 g/mol. The first-order valence-electron chi connectivity index (χ1n) is 9.08. The van der Waals surface area contributed by atoms with Crippen molar-refractivity contribution < 1.29 is 14.3 Å². The Balaban J connectivity index is 1.54. The van der Waals surface area contributed by atoms with E-state index in [1.807, 2.05) is 30.3 Å². The number of nitrogens with zero attached hydrogens (tertiary/aromatic N) is 1. The van der Waals surface area contributed by atoms with Crippen molar-refractivity contribution in [1.82, 2.24) is 10.2 Å². The predicted octanol–water partition coefficient (Wildman–Crippen LogP) is 2.51. The number of rotatable bonds is 7. The Bertz CT molecular complexity index is 738. The number of piperidine rings is 1. The van der Waals surface area contributed by atoms with Crippen LogP contribution in [0.4, 0.5) is 4.39 Å². The lowest BCUT2D eigenvalue weighted by molar-refractivity contribution is -0.156. The number of nitrogens with one attached hydrogen (secondary N) is 1. The first-order chi connectivity index (χ1) is 12.6. The maximum atomic E-state index is 13.7. The van der Waals surface area contributed by atoms with Crippen molar-refractivity contribution in [1.29, 1.82) is 0 Å². The monoisotopic (exact) mass is 356 g/mol. The van der Waals surface area contributed by atoms with E-state index in [9.17, 15) is 14.3 Å². The van der Waals surface area contributed by atoms with Gasteiger partial charge in [0, 0.05) is 31.7 Å². The maximum absolute atomic E-state index is 13.7. The van der Waals surface area contributed by atoms with Crippen LogP contribution in [0.25, 0.3) is 0 Å². The second-order valence-corrected chi connectivity index (χ2v) is 6.86. The van der Waals surface area contributed by atoms with Crippen molar-refractivity contribution in [2.24, 2.45) is 0 Å². The lowest BCUT2D eigenvalue weighted by atomic mass is 9.91. The quantitative estimate of drug-likeness (QED) is 0.802. The molecule has 26 heavy (non-hydrogen) atoms. The van der Waals surface area contributed by atoms with E-state index in [1.54, 1.807) is 23.1 Å². The highest BCUT2D eigenvalue weighted by Crippen LogP contribution is 2.22. The Morgan fingerprint density at radius 3 is 2.62 bits per heavy atom. The Labute approximate surface area is 153 Å². The summed E-state index contributed by atoms with van der Waals surface area (Å²) in [5, 5.41) is 13.8. The van der Waals surface area contributed by atoms with Crippen LogP contribution in [-0.2, 0) is 17.8 Å². The van der Waals surface area contributed by atoms with Gasteiger partial charge < -0.3 is 15.3 Å². The number of amides is 1. The summed E-state index contributed by atoms with van der Waals surface area (Å²) in [6, 6.07) is 16.5. The van der Waals surface area contributed by atoms with Crippen LogP contribution in [0.2, 0.25) is 0 Å². The lowest BCUT2D eigenvalue weighted by Gasteiger charge is -2.38. The van der Waals surface area contributed by atoms with E-state index in [-0.39, 0.29) is 24.8 Å². The fourth-order valence-electron chi connectivity index (χ4n) is 3.40. The third-order valence-electron chi connectivity index (χ3n) is 4.91. The first kappa shape index (κ1) is 18.5. The Hall–Kier alpha value is -2.24. The minimum atomic E-state index is -1.42. The predicted molar refractivity (Wildman–Crippen MR) is 99.0 cm³/mol. The summed E-state index contributed by atoms with van der Waals surface area (Å²) in [5.74, 6) is -0.521. The zero-order valence-electron chi connectivity index (χ0n) is 14.8. The molecule has 0 aromatic heterocycles.